The Hall–Kier alpha value is -1.45. The summed E-state index contributed by atoms with van der Waals surface area (Å²) in [6, 6.07) is 3.87. The number of aromatic nitrogens is 1. The second kappa shape index (κ2) is 7.98. The summed E-state index contributed by atoms with van der Waals surface area (Å²) in [5.74, 6) is 2.69. The number of hydrogen-bond acceptors (Lipinski definition) is 4. The lowest BCUT2D eigenvalue weighted by Gasteiger charge is -2.27. The molecule has 0 fully saturated rings. The molecule has 0 aliphatic carbocycles. The van der Waals surface area contributed by atoms with Gasteiger partial charge in [0.1, 0.15) is 5.82 Å². The monoisotopic (exact) mass is 279 g/mol. The Balaban J connectivity index is 2.94. The van der Waals surface area contributed by atoms with Gasteiger partial charge in [0.05, 0.1) is 12.3 Å². The van der Waals surface area contributed by atoms with Crippen LogP contribution in [-0.2, 0) is 0 Å². The fourth-order valence-corrected chi connectivity index (χ4v) is 2.08. The Bertz CT molecular complexity index is 395. The van der Waals surface area contributed by atoms with Gasteiger partial charge in [0.25, 0.3) is 0 Å². The third-order valence-electron chi connectivity index (χ3n) is 2.81. The highest BCUT2D eigenvalue weighted by atomic mass is 16.5. The molecule has 0 aliphatic rings. The molecular formula is C16H29N3O. The van der Waals surface area contributed by atoms with E-state index in [0.29, 0.717) is 30.0 Å². The van der Waals surface area contributed by atoms with Gasteiger partial charge in [0, 0.05) is 13.1 Å². The van der Waals surface area contributed by atoms with Crippen LogP contribution in [-0.4, -0.2) is 24.7 Å². The minimum atomic E-state index is 0.557. The lowest BCUT2D eigenvalue weighted by molar-refractivity contribution is 0.307. The first-order valence-electron chi connectivity index (χ1n) is 7.58. The molecule has 20 heavy (non-hydrogen) atoms. The van der Waals surface area contributed by atoms with Gasteiger partial charge in [-0.1, -0.05) is 34.6 Å². The average molecular weight is 279 g/mol. The third kappa shape index (κ3) is 5.27. The summed E-state index contributed by atoms with van der Waals surface area (Å²) in [5.41, 5.74) is 6.53. The highest BCUT2D eigenvalue weighted by Crippen LogP contribution is 2.24. The van der Waals surface area contributed by atoms with Gasteiger partial charge in [0.2, 0.25) is 5.88 Å². The van der Waals surface area contributed by atoms with Crippen LogP contribution in [0.15, 0.2) is 12.1 Å². The molecular weight excluding hydrogens is 250 g/mol. The predicted octanol–water partition coefficient (Wildman–Crippen LogP) is 3.57. The molecule has 0 spiro atoms. The van der Waals surface area contributed by atoms with E-state index >= 15 is 0 Å². The number of ether oxygens (including phenoxy) is 1. The molecule has 1 rings (SSSR count). The van der Waals surface area contributed by atoms with Crippen molar-refractivity contribution in [2.45, 2.75) is 41.0 Å². The Kier molecular flexibility index (Phi) is 6.62. The largest absolute Gasteiger partial charge is 0.476 e. The summed E-state index contributed by atoms with van der Waals surface area (Å²) >= 11 is 0. The maximum absolute atomic E-state index is 5.93. The predicted molar refractivity (Wildman–Crippen MR) is 86.3 cm³/mol. The molecule has 0 amide bonds. The van der Waals surface area contributed by atoms with E-state index in [-0.39, 0.29) is 0 Å². The number of hydrogen-bond donors (Lipinski definition) is 1. The van der Waals surface area contributed by atoms with Crippen LogP contribution < -0.4 is 15.4 Å². The van der Waals surface area contributed by atoms with Gasteiger partial charge >= 0.3 is 0 Å². The molecule has 0 atom stereocenters. The summed E-state index contributed by atoms with van der Waals surface area (Å²) in [4.78, 5) is 6.91. The van der Waals surface area contributed by atoms with E-state index < -0.39 is 0 Å². The molecule has 1 aromatic rings. The molecule has 2 N–H and O–H groups in total. The second-order valence-electron chi connectivity index (χ2n) is 6.10. The molecule has 4 nitrogen and oxygen atoms in total. The quantitative estimate of drug-likeness (QED) is 0.790. The van der Waals surface area contributed by atoms with E-state index in [1.807, 2.05) is 12.1 Å². The van der Waals surface area contributed by atoms with Crippen LogP contribution in [0.2, 0.25) is 0 Å². The molecule has 1 aromatic heterocycles. The fraction of sp³-hybridized carbons (Fsp3) is 0.688. The molecule has 4 heteroatoms. The Morgan fingerprint density at radius 3 is 2.25 bits per heavy atom. The summed E-state index contributed by atoms with van der Waals surface area (Å²) in [6.07, 6.45) is 0.951. The van der Waals surface area contributed by atoms with Crippen molar-refractivity contribution in [3.05, 3.63) is 12.1 Å². The van der Waals surface area contributed by atoms with Gasteiger partial charge in [-0.25, -0.2) is 0 Å². The second-order valence-corrected chi connectivity index (χ2v) is 6.10. The number of nitrogens with two attached hydrogens (primary N) is 1. The first-order valence-corrected chi connectivity index (χ1v) is 7.58. The lowest BCUT2D eigenvalue weighted by Crippen LogP contribution is -2.32. The topological polar surface area (TPSA) is 51.4 Å². The summed E-state index contributed by atoms with van der Waals surface area (Å²) in [5, 5.41) is 0. The molecule has 114 valence electrons. The van der Waals surface area contributed by atoms with E-state index in [2.05, 4.69) is 44.5 Å². The molecule has 0 aliphatic heterocycles. The molecule has 1 heterocycles. The zero-order chi connectivity index (χ0) is 15.1. The van der Waals surface area contributed by atoms with Crippen molar-refractivity contribution in [3.63, 3.8) is 0 Å². The van der Waals surface area contributed by atoms with Crippen LogP contribution in [0.4, 0.5) is 11.5 Å². The van der Waals surface area contributed by atoms with Crippen molar-refractivity contribution in [1.82, 2.24) is 4.98 Å². The van der Waals surface area contributed by atoms with Crippen molar-refractivity contribution in [2.24, 2.45) is 11.8 Å². The third-order valence-corrected chi connectivity index (χ3v) is 2.81. The van der Waals surface area contributed by atoms with Gasteiger partial charge in [-0.2, -0.15) is 4.98 Å². The highest BCUT2D eigenvalue weighted by Gasteiger charge is 2.14. The van der Waals surface area contributed by atoms with Gasteiger partial charge < -0.3 is 15.4 Å². The number of rotatable bonds is 8. The van der Waals surface area contributed by atoms with E-state index in [0.717, 1.165) is 25.3 Å². The molecule has 0 radical (unpaired) electrons. The van der Waals surface area contributed by atoms with Crippen LogP contribution in [0.5, 0.6) is 5.88 Å². The van der Waals surface area contributed by atoms with Crippen molar-refractivity contribution < 1.29 is 4.74 Å². The zero-order valence-electron chi connectivity index (χ0n) is 13.5. The summed E-state index contributed by atoms with van der Waals surface area (Å²) in [6.45, 7) is 13.6. The van der Waals surface area contributed by atoms with Crippen LogP contribution in [0.1, 0.15) is 41.0 Å². The van der Waals surface area contributed by atoms with E-state index in [1.165, 1.54) is 0 Å². The molecule has 0 saturated heterocycles. The van der Waals surface area contributed by atoms with Gasteiger partial charge in [0.15, 0.2) is 0 Å². The SMILES string of the molecule is CCCOc1nc(N(CC(C)C)CC(C)C)ccc1N. The number of nitrogens with zero attached hydrogens (tertiary/aromatic N) is 2. The minimum Gasteiger partial charge on any atom is -0.476 e. The van der Waals surface area contributed by atoms with Crippen LogP contribution in [0, 0.1) is 11.8 Å². The van der Waals surface area contributed by atoms with Crippen molar-refractivity contribution in [3.8, 4) is 5.88 Å². The Morgan fingerprint density at radius 2 is 1.75 bits per heavy atom. The fourth-order valence-electron chi connectivity index (χ4n) is 2.08. The van der Waals surface area contributed by atoms with Crippen LogP contribution >= 0.6 is 0 Å². The van der Waals surface area contributed by atoms with E-state index in [9.17, 15) is 0 Å². The Morgan fingerprint density at radius 1 is 1.15 bits per heavy atom. The van der Waals surface area contributed by atoms with Crippen molar-refractivity contribution >= 4 is 11.5 Å². The Labute approximate surface area is 123 Å². The van der Waals surface area contributed by atoms with Crippen LogP contribution in [0.3, 0.4) is 0 Å². The number of pyridine rings is 1. The van der Waals surface area contributed by atoms with Crippen molar-refractivity contribution in [2.75, 3.05) is 30.3 Å². The molecule has 0 aromatic carbocycles. The first kappa shape index (κ1) is 16.6. The summed E-state index contributed by atoms with van der Waals surface area (Å²) < 4.78 is 5.62. The van der Waals surface area contributed by atoms with E-state index in [4.69, 9.17) is 10.5 Å². The number of nitrogen functional groups attached to an aromatic ring is 1. The summed E-state index contributed by atoms with van der Waals surface area (Å²) in [7, 11) is 0. The van der Waals surface area contributed by atoms with E-state index in [1.54, 1.807) is 0 Å². The zero-order valence-corrected chi connectivity index (χ0v) is 13.5. The molecule has 0 saturated carbocycles. The van der Waals surface area contributed by atoms with Gasteiger partial charge in [-0.3, -0.25) is 0 Å². The standard InChI is InChI=1S/C16H29N3O/c1-6-9-20-16-14(17)7-8-15(18-16)19(10-12(2)3)11-13(4)5/h7-8,12-13H,6,9-11,17H2,1-5H3. The normalized spacial score (nSPS) is 11.2. The maximum atomic E-state index is 5.93. The van der Waals surface area contributed by atoms with Gasteiger partial charge in [-0.05, 0) is 30.4 Å². The minimum absolute atomic E-state index is 0.557. The number of anilines is 2. The first-order chi connectivity index (χ1) is 9.43. The highest BCUT2D eigenvalue weighted by molar-refractivity contribution is 5.54. The molecule has 0 unspecified atom stereocenters. The maximum Gasteiger partial charge on any atom is 0.239 e. The lowest BCUT2D eigenvalue weighted by atomic mass is 10.1. The van der Waals surface area contributed by atoms with Gasteiger partial charge in [-0.15, -0.1) is 0 Å². The van der Waals surface area contributed by atoms with Crippen LogP contribution in [0.25, 0.3) is 0 Å². The van der Waals surface area contributed by atoms with Crippen molar-refractivity contribution in [1.29, 1.82) is 0 Å². The molecule has 0 bridgehead atoms. The average Bonchev–Trinajstić information content (AvgIpc) is 2.36. The smallest absolute Gasteiger partial charge is 0.239 e.